The highest BCUT2D eigenvalue weighted by molar-refractivity contribution is 7.89. The van der Waals surface area contributed by atoms with Gasteiger partial charge in [0.2, 0.25) is 10.0 Å². The monoisotopic (exact) mass is 396 g/mol. The lowest BCUT2D eigenvalue weighted by atomic mass is 9.98. The molecule has 7 nitrogen and oxygen atoms in total. The van der Waals surface area contributed by atoms with Gasteiger partial charge in [-0.05, 0) is 44.0 Å². The largest absolute Gasteiger partial charge is 0.378 e. The molecule has 0 bridgehead atoms. The predicted molar refractivity (Wildman–Crippen MR) is 108 cm³/mol. The van der Waals surface area contributed by atoms with Crippen LogP contribution in [-0.2, 0) is 21.3 Å². The molecule has 1 saturated carbocycles. The average Bonchev–Trinajstić information content (AvgIpc) is 2.71. The van der Waals surface area contributed by atoms with Crippen LogP contribution in [0.4, 0.5) is 0 Å². The zero-order valence-corrected chi connectivity index (χ0v) is 17.1. The highest BCUT2D eigenvalue weighted by Gasteiger charge is 2.13. The number of rotatable bonds is 9. The van der Waals surface area contributed by atoms with Crippen molar-refractivity contribution in [2.45, 2.75) is 56.1 Å². The van der Waals surface area contributed by atoms with Gasteiger partial charge in [-0.25, -0.2) is 13.1 Å². The minimum absolute atomic E-state index is 0.259. The summed E-state index contributed by atoms with van der Waals surface area (Å²) >= 11 is 0. The van der Waals surface area contributed by atoms with Gasteiger partial charge < -0.3 is 15.4 Å². The van der Waals surface area contributed by atoms with Crippen LogP contribution in [0.25, 0.3) is 0 Å². The Kier molecular flexibility index (Phi) is 9.03. The van der Waals surface area contributed by atoms with Gasteiger partial charge in [0, 0.05) is 26.7 Å². The van der Waals surface area contributed by atoms with Gasteiger partial charge in [-0.1, -0.05) is 31.4 Å². The molecule has 0 spiro atoms. The number of benzene rings is 1. The van der Waals surface area contributed by atoms with Gasteiger partial charge in [-0.3, -0.25) is 4.99 Å². The summed E-state index contributed by atoms with van der Waals surface area (Å²) in [6.45, 7) is 2.14. The van der Waals surface area contributed by atoms with E-state index < -0.39 is 10.0 Å². The standard InChI is InChI=1S/C19H32N4O3S/c1-20-19(22-13-6-14-26-17-7-4-3-5-8-17)23-15-16-9-11-18(12-10-16)27(24,25)21-2/h9-12,17,21H,3-8,13-15H2,1-2H3,(H2,20,22,23). The van der Waals surface area contributed by atoms with Crippen molar-refractivity contribution in [2.24, 2.45) is 4.99 Å². The molecular weight excluding hydrogens is 364 g/mol. The fourth-order valence-corrected chi connectivity index (χ4v) is 3.80. The van der Waals surface area contributed by atoms with Crippen LogP contribution in [0.3, 0.4) is 0 Å². The Morgan fingerprint density at radius 1 is 1.15 bits per heavy atom. The summed E-state index contributed by atoms with van der Waals surface area (Å²) in [6, 6.07) is 6.79. The smallest absolute Gasteiger partial charge is 0.240 e. The van der Waals surface area contributed by atoms with Crippen LogP contribution in [-0.4, -0.2) is 47.7 Å². The van der Waals surface area contributed by atoms with Gasteiger partial charge in [-0.2, -0.15) is 0 Å². The topological polar surface area (TPSA) is 91.8 Å². The Bertz CT molecular complexity index is 683. The number of nitrogens with zero attached hydrogens (tertiary/aromatic N) is 1. The summed E-state index contributed by atoms with van der Waals surface area (Å²) in [5.41, 5.74) is 0.980. The fourth-order valence-electron chi connectivity index (χ4n) is 3.07. The number of hydrogen-bond donors (Lipinski definition) is 3. The third-order valence-electron chi connectivity index (χ3n) is 4.71. The van der Waals surface area contributed by atoms with Crippen LogP contribution in [0.5, 0.6) is 0 Å². The summed E-state index contributed by atoms with van der Waals surface area (Å²) in [5.74, 6) is 0.722. The van der Waals surface area contributed by atoms with Gasteiger partial charge in [0.15, 0.2) is 5.96 Å². The molecule has 1 fully saturated rings. The number of aliphatic imine (C=N–C) groups is 1. The summed E-state index contributed by atoms with van der Waals surface area (Å²) in [7, 11) is -0.259. The van der Waals surface area contributed by atoms with E-state index in [1.54, 1.807) is 31.3 Å². The van der Waals surface area contributed by atoms with Crippen LogP contribution >= 0.6 is 0 Å². The third kappa shape index (κ3) is 7.48. The van der Waals surface area contributed by atoms with Crippen molar-refractivity contribution in [3.05, 3.63) is 29.8 Å². The molecule has 0 radical (unpaired) electrons. The predicted octanol–water partition coefficient (Wildman–Crippen LogP) is 2.00. The molecule has 0 aromatic heterocycles. The molecule has 0 aliphatic heterocycles. The molecular formula is C19H32N4O3S. The van der Waals surface area contributed by atoms with Crippen molar-refractivity contribution in [3.63, 3.8) is 0 Å². The maximum Gasteiger partial charge on any atom is 0.240 e. The van der Waals surface area contributed by atoms with Crippen LogP contribution in [0.1, 0.15) is 44.1 Å². The van der Waals surface area contributed by atoms with E-state index in [0.717, 1.165) is 31.1 Å². The van der Waals surface area contributed by atoms with E-state index in [2.05, 4.69) is 20.3 Å². The Morgan fingerprint density at radius 2 is 1.85 bits per heavy atom. The number of ether oxygens (including phenoxy) is 1. The molecule has 3 N–H and O–H groups in total. The Labute approximate surface area is 163 Å². The highest BCUT2D eigenvalue weighted by Crippen LogP contribution is 2.20. The van der Waals surface area contributed by atoms with E-state index in [9.17, 15) is 8.42 Å². The maximum atomic E-state index is 11.7. The molecule has 0 heterocycles. The van der Waals surface area contributed by atoms with Crippen LogP contribution < -0.4 is 15.4 Å². The Hall–Kier alpha value is -1.64. The van der Waals surface area contributed by atoms with Crippen molar-refractivity contribution >= 4 is 16.0 Å². The molecule has 0 amide bonds. The molecule has 152 valence electrons. The maximum absolute atomic E-state index is 11.7. The molecule has 8 heteroatoms. The second-order valence-electron chi connectivity index (χ2n) is 6.69. The van der Waals surface area contributed by atoms with Gasteiger partial charge in [-0.15, -0.1) is 0 Å². The van der Waals surface area contributed by atoms with Crippen molar-refractivity contribution in [3.8, 4) is 0 Å². The van der Waals surface area contributed by atoms with Crippen molar-refractivity contribution in [1.29, 1.82) is 0 Å². The lowest BCUT2D eigenvalue weighted by molar-refractivity contribution is 0.0277. The fraction of sp³-hybridized carbons (Fsp3) is 0.632. The van der Waals surface area contributed by atoms with Gasteiger partial charge in [0.25, 0.3) is 0 Å². The number of guanidine groups is 1. The first kappa shape index (κ1) is 21.7. The zero-order valence-electron chi connectivity index (χ0n) is 16.3. The van der Waals surface area contributed by atoms with E-state index in [1.807, 2.05) is 0 Å². The molecule has 0 atom stereocenters. The lowest BCUT2D eigenvalue weighted by Gasteiger charge is -2.22. The quantitative estimate of drug-likeness (QED) is 0.337. The summed E-state index contributed by atoms with van der Waals surface area (Å²) < 4.78 is 31.7. The zero-order chi connectivity index (χ0) is 19.5. The third-order valence-corrected chi connectivity index (χ3v) is 6.14. The van der Waals surface area contributed by atoms with Gasteiger partial charge in [0.1, 0.15) is 0 Å². The van der Waals surface area contributed by atoms with E-state index in [4.69, 9.17) is 4.74 Å². The molecule has 1 aliphatic rings. The summed E-state index contributed by atoms with van der Waals surface area (Å²) in [5, 5.41) is 6.51. The molecule has 1 aromatic carbocycles. The number of nitrogens with one attached hydrogen (secondary N) is 3. The van der Waals surface area contributed by atoms with Crippen LogP contribution in [0.2, 0.25) is 0 Å². The van der Waals surface area contributed by atoms with Crippen molar-refractivity contribution in [1.82, 2.24) is 15.4 Å². The van der Waals surface area contributed by atoms with Gasteiger partial charge in [0.05, 0.1) is 11.0 Å². The highest BCUT2D eigenvalue weighted by atomic mass is 32.2. The van der Waals surface area contributed by atoms with E-state index in [-0.39, 0.29) is 4.90 Å². The van der Waals surface area contributed by atoms with Gasteiger partial charge >= 0.3 is 0 Å². The second-order valence-corrected chi connectivity index (χ2v) is 8.57. The van der Waals surface area contributed by atoms with Crippen LogP contribution in [0.15, 0.2) is 34.2 Å². The summed E-state index contributed by atoms with van der Waals surface area (Å²) in [6.07, 6.45) is 7.72. The van der Waals surface area contributed by atoms with Crippen molar-refractivity contribution < 1.29 is 13.2 Å². The number of hydrogen-bond acceptors (Lipinski definition) is 4. The molecule has 27 heavy (non-hydrogen) atoms. The van der Waals surface area contributed by atoms with Crippen molar-refractivity contribution in [2.75, 3.05) is 27.2 Å². The minimum atomic E-state index is -3.40. The Balaban J connectivity index is 1.66. The lowest BCUT2D eigenvalue weighted by Crippen LogP contribution is -2.37. The first-order valence-corrected chi connectivity index (χ1v) is 11.1. The SMILES string of the molecule is CN=C(NCCCOC1CCCCC1)NCc1ccc(S(=O)(=O)NC)cc1. The first-order chi connectivity index (χ1) is 13.0. The van der Waals surface area contributed by atoms with E-state index in [1.165, 1.54) is 39.2 Å². The normalized spacial score (nSPS) is 16.3. The van der Waals surface area contributed by atoms with E-state index >= 15 is 0 Å². The molecule has 0 unspecified atom stereocenters. The Morgan fingerprint density at radius 3 is 2.48 bits per heavy atom. The van der Waals surface area contributed by atoms with Crippen LogP contribution in [0, 0.1) is 0 Å². The molecule has 1 aromatic rings. The molecule has 2 rings (SSSR count). The molecule has 0 saturated heterocycles. The average molecular weight is 397 g/mol. The number of sulfonamides is 1. The second kappa shape index (κ2) is 11.3. The minimum Gasteiger partial charge on any atom is -0.378 e. The van der Waals surface area contributed by atoms with E-state index in [0.29, 0.717) is 12.6 Å². The summed E-state index contributed by atoms with van der Waals surface area (Å²) in [4.78, 5) is 4.47. The molecule has 1 aliphatic carbocycles. The first-order valence-electron chi connectivity index (χ1n) is 9.64.